The minimum Gasteiger partial charge on any atom is -0.497 e. The van der Waals surface area contributed by atoms with Gasteiger partial charge in [0.25, 0.3) is 0 Å². The third-order valence-corrected chi connectivity index (χ3v) is 7.50. The van der Waals surface area contributed by atoms with Gasteiger partial charge in [-0.2, -0.15) is 0 Å². The number of esters is 2. The van der Waals surface area contributed by atoms with Crippen LogP contribution in [0.25, 0.3) is 10.9 Å². The van der Waals surface area contributed by atoms with Crippen LogP contribution < -0.4 is 9.47 Å². The topological polar surface area (TPSA) is 78.0 Å². The van der Waals surface area contributed by atoms with Crippen LogP contribution in [0, 0.1) is 11.8 Å². The molecule has 3 saturated heterocycles. The number of ether oxygens (including phenoxy) is 3. The van der Waals surface area contributed by atoms with E-state index in [2.05, 4.69) is 29.1 Å². The van der Waals surface area contributed by atoms with E-state index in [9.17, 15) is 9.59 Å². The van der Waals surface area contributed by atoms with Crippen molar-refractivity contribution in [3.8, 4) is 11.5 Å². The number of rotatable bonds is 8. The summed E-state index contributed by atoms with van der Waals surface area (Å²) in [6, 6.07) is 14.0. The fourth-order valence-electron chi connectivity index (χ4n) is 5.56. The summed E-state index contributed by atoms with van der Waals surface area (Å²) in [5.41, 5.74) is 2.09. The van der Waals surface area contributed by atoms with Crippen molar-refractivity contribution in [1.82, 2.24) is 9.88 Å². The Morgan fingerprint density at radius 1 is 1.11 bits per heavy atom. The first-order chi connectivity index (χ1) is 18.0. The van der Waals surface area contributed by atoms with Gasteiger partial charge in [0.2, 0.25) is 0 Å². The highest BCUT2D eigenvalue weighted by Crippen LogP contribution is 2.44. The monoisotopic (exact) mass is 498 g/mol. The molecule has 0 saturated carbocycles. The predicted molar refractivity (Wildman–Crippen MR) is 140 cm³/mol. The lowest BCUT2D eigenvalue weighted by molar-refractivity contribution is -0.128. The zero-order chi connectivity index (χ0) is 25.9. The second-order valence-corrected chi connectivity index (χ2v) is 9.51. The van der Waals surface area contributed by atoms with E-state index in [1.807, 2.05) is 24.3 Å². The smallest absolute Gasteiger partial charge is 0.338 e. The molecule has 0 radical (unpaired) electrons. The molecule has 3 aliphatic heterocycles. The molecular formula is C30H30N2O5. The number of carbonyl (C=O) groups is 2. The molecule has 0 aliphatic carbocycles. The molecule has 7 nitrogen and oxygen atoms in total. The van der Waals surface area contributed by atoms with Gasteiger partial charge in [-0.3, -0.25) is 9.88 Å². The average molecular weight is 499 g/mol. The highest BCUT2D eigenvalue weighted by Gasteiger charge is 2.44. The van der Waals surface area contributed by atoms with Crippen LogP contribution in [0.1, 0.15) is 34.9 Å². The van der Waals surface area contributed by atoms with Gasteiger partial charge < -0.3 is 14.2 Å². The summed E-state index contributed by atoms with van der Waals surface area (Å²) in [7, 11) is 1.63. The summed E-state index contributed by atoms with van der Waals surface area (Å²) < 4.78 is 16.9. The van der Waals surface area contributed by atoms with E-state index < -0.39 is 18.0 Å². The molecule has 3 fully saturated rings. The van der Waals surface area contributed by atoms with Crippen molar-refractivity contribution >= 4 is 22.8 Å². The van der Waals surface area contributed by atoms with E-state index >= 15 is 0 Å². The highest BCUT2D eigenvalue weighted by atomic mass is 16.5. The zero-order valence-corrected chi connectivity index (χ0v) is 20.8. The van der Waals surface area contributed by atoms with E-state index in [0.29, 0.717) is 28.9 Å². The Hall–Kier alpha value is -3.97. The maximum absolute atomic E-state index is 13.4. The van der Waals surface area contributed by atoms with Gasteiger partial charge >= 0.3 is 11.9 Å². The van der Waals surface area contributed by atoms with Crippen molar-refractivity contribution in [3.05, 3.63) is 91.2 Å². The normalized spacial score (nSPS) is 23.2. The molecule has 1 aromatic heterocycles. The summed E-state index contributed by atoms with van der Waals surface area (Å²) in [6.45, 7) is 9.30. The summed E-state index contributed by atoms with van der Waals surface area (Å²) >= 11 is 0. The molecular weight excluding hydrogens is 468 g/mol. The van der Waals surface area contributed by atoms with Crippen LogP contribution in [0.3, 0.4) is 0 Å². The summed E-state index contributed by atoms with van der Waals surface area (Å²) in [4.78, 5) is 31.9. The van der Waals surface area contributed by atoms with Gasteiger partial charge in [-0.25, -0.2) is 9.59 Å². The van der Waals surface area contributed by atoms with Crippen LogP contribution in [-0.2, 0) is 9.53 Å². The van der Waals surface area contributed by atoms with Gasteiger partial charge in [-0.05, 0) is 79.8 Å². The molecule has 7 heteroatoms. The Balaban J connectivity index is 1.49. The highest BCUT2D eigenvalue weighted by molar-refractivity contribution is 5.91. The van der Waals surface area contributed by atoms with Crippen molar-refractivity contribution in [3.63, 3.8) is 0 Å². The maximum Gasteiger partial charge on any atom is 0.338 e. The fourth-order valence-corrected chi connectivity index (χ4v) is 5.56. The number of aromatic nitrogens is 1. The lowest BCUT2D eigenvalue weighted by atomic mass is 9.73. The molecule has 5 atom stereocenters. The third kappa shape index (κ3) is 5.00. The van der Waals surface area contributed by atoms with E-state index in [1.54, 1.807) is 37.6 Å². The molecule has 190 valence electrons. The molecule has 3 unspecified atom stereocenters. The Kier molecular flexibility index (Phi) is 7.06. The molecule has 0 N–H and O–H groups in total. The van der Waals surface area contributed by atoms with Crippen LogP contribution >= 0.6 is 0 Å². The summed E-state index contributed by atoms with van der Waals surface area (Å²) in [5, 5.41) is 0.897. The quantitative estimate of drug-likeness (QED) is 0.184. The Bertz CT molecular complexity index is 1340. The molecule has 2 aromatic carbocycles. The Labute approximate surface area is 216 Å². The lowest BCUT2D eigenvalue weighted by Crippen LogP contribution is -2.55. The predicted octanol–water partition coefficient (Wildman–Crippen LogP) is 5.13. The summed E-state index contributed by atoms with van der Waals surface area (Å²) in [5.74, 6) is 0.999. The van der Waals surface area contributed by atoms with E-state index in [4.69, 9.17) is 14.2 Å². The number of carbonyl (C=O) groups excluding carboxylic acids is 2. The van der Waals surface area contributed by atoms with Crippen molar-refractivity contribution in [1.29, 1.82) is 0 Å². The van der Waals surface area contributed by atoms with Crippen molar-refractivity contribution in [2.45, 2.75) is 25.0 Å². The molecule has 37 heavy (non-hydrogen) atoms. The number of pyridine rings is 1. The molecule has 4 heterocycles. The number of benzene rings is 2. The van der Waals surface area contributed by atoms with Crippen LogP contribution in [0.4, 0.5) is 0 Å². The number of hydrogen-bond donors (Lipinski definition) is 0. The first kappa shape index (κ1) is 24.7. The van der Waals surface area contributed by atoms with Gasteiger partial charge in [-0.15, -0.1) is 6.58 Å². The van der Waals surface area contributed by atoms with Gasteiger partial charge in [0.1, 0.15) is 17.6 Å². The second-order valence-electron chi connectivity index (χ2n) is 9.51. The zero-order valence-electron chi connectivity index (χ0n) is 20.8. The van der Waals surface area contributed by atoms with Gasteiger partial charge in [-0.1, -0.05) is 12.7 Å². The SMILES string of the molecule is C=CC(=O)Oc1ccc(C(=O)OC(c2ccnc3ccc(OC)cc23)[C@@H]2CC3CCN2C[C@@H]3C=C)cc1. The second kappa shape index (κ2) is 10.6. The first-order valence-electron chi connectivity index (χ1n) is 12.4. The maximum atomic E-state index is 13.4. The first-order valence-corrected chi connectivity index (χ1v) is 12.4. The summed E-state index contributed by atoms with van der Waals surface area (Å²) in [6.07, 6.45) is 6.43. The van der Waals surface area contributed by atoms with E-state index in [-0.39, 0.29) is 6.04 Å². The van der Waals surface area contributed by atoms with Gasteiger partial charge in [0, 0.05) is 29.8 Å². The van der Waals surface area contributed by atoms with Crippen molar-refractivity contribution in [2.75, 3.05) is 20.2 Å². The number of fused-ring (bicyclic) bond motifs is 4. The molecule has 3 aliphatic rings. The molecule has 0 amide bonds. The molecule has 3 aromatic rings. The van der Waals surface area contributed by atoms with E-state index in [0.717, 1.165) is 48.5 Å². The lowest BCUT2D eigenvalue weighted by Gasteiger charge is -2.51. The van der Waals surface area contributed by atoms with Crippen LogP contribution in [0.2, 0.25) is 0 Å². The van der Waals surface area contributed by atoms with Crippen LogP contribution in [0.5, 0.6) is 11.5 Å². The number of nitrogens with zero attached hydrogens (tertiary/aromatic N) is 2. The third-order valence-electron chi connectivity index (χ3n) is 7.50. The Morgan fingerprint density at radius 2 is 1.89 bits per heavy atom. The average Bonchev–Trinajstić information content (AvgIpc) is 2.95. The number of methoxy groups -OCH3 is 1. The van der Waals surface area contributed by atoms with Crippen LogP contribution in [-0.4, -0.2) is 48.1 Å². The van der Waals surface area contributed by atoms with Crippen LogP contribution in [0.15, 0.2) is 80.0 Å². The van der Waals surface area contributed by atoms with Gasteiger partial charge in [0.15, 0.2) is 0 Å². The minimum absolute atomic E-state index is 0.0310. The molecule has 6 rings (SSSR count). The standard InChI is InChI=1S/C30H30N2O5/c1-4-19-18-32-15-13-21(19)16-27(32)29(24-12-14-31-26-11-10-23(35-3)17-25(24)26)37-30(34)20-6-8-22(9-7-20)36-28(33)5-2/h4-12,14,17,19,21,27,29H,1-2,13,15-16,18H2,3H3/t19-,21?,27-,29?/m0/s1. The van der Waals surface area contributed by atoms with E-state index in [1.165, 1.54) is 0 Å². The van der Waals surface area contributed by atoms with Crippen molar-refractivity contribution < 1.29 is 23.8 Å². The molecule has 2 bridgehead atoms. The largest absolute Gasteiger partial charge is 0.497 e. The molecule has 0 spiro atoms. The Morgan fingerprint density at radius 3 is 2.57 bits per heavy atom. The minimum atomic E-state index is -0.561. The van der Waals surface area contributed by atoms with Gasteiger partial charge in [0.05, 0.1) is 24.2 Å². The number of hydrogen-bond acceptors (Lipinski definition) is 7. The van der Waals surface area contributed by atoms with Crippen molar-refractivity contribution in [2.24, 2.45) is 11.8 Å². The fraction of sp³-hybridized carbons (Fsp3) is 0.300. The number of piperidine rings is 3.